The molecule has 1 aliphatic heterocycles. The summed E-state index contributed by atoms with van der Waals surface area (Å²) in [6.45, 7) is 3.15. The van der Waals surface area contributed by atoms with E-state index >= 15 is 0 Å². The van der Waals surface area contributed by atoms with Crippen LogP contribution in [0, 0.1) is 6.92 Å². The second-order valence-electron chi connectivity index (χ2n) is 3.10. The summed E-state index contributed by atoms with van der Waals surface area (Å²) in [6, 6.07) is 8.52. The van der Waals surface area contributed by atoms with Gasteiger partial charge in [-0.2, -0.15) is 0 Å². The molecule has 0 spiro atoms. The monoisotopic (exact) mass is 209 g/mol. The Kier molecular flexibility index (Phi) is 2.56. The molecule has 0 bridgehead atoms. The molecule has 68 valence electrons. The largest absolute Gasteiger partial charge is 0.326 e. The van der Waals surface area contributed by atoms with Crippen LogP contribution >= 0.6 is 24.0 Å². The van der Waals surface area contributed by atoms with Gasteiger partial charge in [-0.25, -0.2) is 0 Å². The minimum Gasteiger partial charge on any atom is -0.326 e. The number of anilines is 1. The Morgan fingerprint density at radius 3 is 2.54 bits per heavy atom. The number of thioether (sulfide) groups is 1. The number of benzene rings is 1. The first-order chi connectivity index (χ1) is 6.27. The molecule has 1 nitrogen and oxygen atoms in total. The Hall–Kier alpha value is -0.540. The SMILES string of the molecule is Cc1ccc(N2CCSC2=S)cc1. The molecule has 0 unspecified atom stereocenters. The predicted molar refractivity (Wildman–Crippen MR) is 63.6 cm³/mol. The molecule has 0 atom stereocenters. The first-order valence-electron chi connectivity index (χ1n) is 4.28. The molecule has 1 aromatic rings. The van der Waals surface area contributed by atoms with E-state index in [9.17, 15) is 0 Å². The summed E-state index contributed by atoms with van der Waals surface area (Å²) in [5.74, 6) is 1.12. The van der Waals surface area contributed by atoms with Gasteiger partial charge in [0.05, 0.1) is 0 Å². The molecule has 1 fully saturated rings. The van der Waals surface area contributed by atoms with Gasteiger partial charge in [0, 0.05) is 18.0 Å². The van der Waals surface area contributed by atoms with Gasteiger partial charge in [-0.1, -0.05) is 41.7 Å². The summed E-state index contributed by atoms with van der Waals surface area (Å²) < 4.78 is 1.00. The molecule has 1 heterocycles. The Balaban J connectivity index is 2.25. The zero-order chi connectivity index (χ0) is 9.26. The maximum absolute atomic E-state index is 5.24. The molecule has 0 saturated carbocycles. The van der Waals surface area contributed by atoms with Crippen molar-refractivity contribution in [1.82, 2.24) is 0 Å². The number of nitrogens with zero attached hydrogens (tertiary/aromatic N) is 1. The lowest BCUT2D eigenvalue weighted by Crippen LogP contribution is -2.21. The molecule has 13 heavy (non-hydrogen) atoms. The molecule has 0 aliphatic carbocycles. The van der Waals surface area contributed by atoms with Crippen molar-refractivity contribution in [2.75, 3.05) is 17.2 Å². The van der Waals surface area contributed by atoms with Crippen molar-refractivity contribution in [3.05, 3.63) is 29.8 Å². The Morgan fingerprint density at radius 2 is 2.00 bits per heavy atom. The summed E-state index contributed by atoms with van der Waals surface area (Å²) in [5.41, 5.74) is 2.52. The fourth-order valence-corrected chi connectivity index (χ4v) is 2.60. The molecule has 2 rings (SSSR count). The van der Waals surface area contributed by atoms with E-state index in [2.05, 4.69) is 36.1 Å². The minimum absolute atomic E-state index is 1.00. The highest BCUT2D eigenvalue weighted by Crippen LogP contribution is 2.25. The molecule has 3 heteroatoms. The second kappa shape index (κ2) is 3.68. The molecule has 1 aliphatic rings. The van der Waals surface area contributed by atoms with Gasteiger partial charge in [-0.05, 0) is 19.1 Å². The Labute approximate surface area is 88.1 Å². The number of rotatable bonds is 1. The van der Waals surface area contributed by atoms with Crippen LogP contribution in [0.3, 0.4) is 0 Å². The normalized spacial score (nSPS) is 16.7. The highest BCUT2D eigenvalue weighted by molar-refractivity contribution is 8.23. The Morgan fingerprint density at radius 1 is 1.31 bits per heavy atom. The van der Waals surface area contributed by atoms with Crippen LogP contribution in [0.1, 0.15) is 5.56 Å². The molecular formula is C10H11NS2. The minimum atomic E-state index is 1.00. The molecule has 1 aromatic carbocycles. The van der Waals surface area contributed by atoms with Crippen LogP contribution in [0.4, 0.5) is 5.69 Å². The maximum Gasteiger partial charge on any atom is 0.140 e. The average Bonchev–Trinajstić information content (AvgIpc) is 2.53. The Bertz CT molecular complexity index is 318. The quantitative estimate of drug-likeness (QED) is 0.655. The summed E-state index contributed by atoms with van der Waals surface area (Å²) in [5, 5.41) is 0. The van der Waals surface area contributed by atoms with Gasteiger partial charge < -0.3 is 4.90 Å². The average molecular weight is 209 g/mol. The van der Waals surface area contributed by atoms with Crippen LogP contribution in [-0.2, 0) is 0 Å². The van der Waals surface area contributed by atoms with Gasteiger partial charge in [0.1, 0.15) is 4.32 Å². The van der Waals surface area contributed by atoms with Gasteiger partial charge in [-0.15, -0.1) is 0 Å². The van der Waals surface area contributed by atoms with Crippen LogP contribution in [0.2, 0.25) is 0 Å². The van der Waals surface area contributed by atoms with Gasteiger partial charge in [-0.3, -0.25) is 0 Å². The highest BCUT2D eigenvalue weighted by atomic mass is 32.2. The molecule has 0 aromatic heterocycles. The molecule has 0 radical (unpaired) electrons. The molecule has 0 N–H and O–H groups in total. The number of thiocarbonyl (C=S) groups is 1. The first-order valence-corrected chi connectivity index (χ1v) is 5.68. The van der Waals surface area contributed by atoms with Gasteiger partial charge in [0.2, 0.25) is 0 Å². The van der Waals surface area contributed by atoms with E-state index in [1.165, 1.54) is 11.3 Å². The van der Waals surface area contributed by atoms with Crippen molar-refractivity contribution in [1.29, 1.82) is 0 Å². The van der Waals surface area contributed by atoms with E-state index in [1.807, 2.05) is 0 Å². The van der Waals surface area contributed by atoms with E-state index in [0.29, 0.717) is 0 Å². The van der Waals surface area contributed by atoms with Crippen LogP contribution in [0.25, 0.3) is 0 Å². The van der Waals surface area contributed by atoms with Crippen molar-refractivity contribution in [3.8, 4) is 0 Å². The van der Waals surface area contributed by atoms with Crippen molar-refractivity contribution in [2.24, 2.45) is 0 Å². The summed E-state index contributed by atoms with van der Waals surface area (Å²) in [6.07, 6.45) is 0. The molecule has 1 saturated heterocycles. The lowest BCUT2D eigenvalue weighted by Gasteiger charge is -2.16. The van der Waals surface area contributed by atoms with Crippen LogP contribution in [0.15, 0.2) is 24.3 Å². The van der Waals surface area contributed by atoms with E-state index in [4.69, 9.17) is 12.2 Å². The first kappa shape index (κ1) is 9.03. The third-order valence-corrected chi connectivity index (χ3v) is 3.53. The van der Waals surface area contributed by atoms with E-state index in [1.54, 1.807) is 11.8 Å². The summed E-state index contributed by atoms with van der Waals surface area (Å²) >= 11 is 7.01. The fourth-order valence-electron chi connectivity index (χ4n) is 1.35. The smallest absolute Gasteiger partial charge is 0.140 e. The van der Waals surface area contributed by atoms with E-state index < -0.39 is 0 Å². The highest BCUT2D eigenvalue weighted by Gasteiger charge is 2.18. The zero-order valence-corrected chi connectivity index (χ0v) is 9.12. The lowest BCUT2D eigenvalue weighted by atomic mass is 10.2. The fraction of sp³-hybridized carbons (Fsp3) is 0.300. The molecule has 0 amide bonds. The standard InChI is InChI=1S/C10H11NS2/c1-8-2-4-9(5-3-8)11-6-7-13-10(11)12/h2-5H,6-7H2,1H3. The van der Waals surface area contributed by atoms with E-state index in [-0.39, 0.29) is 0 Å². The summed E-state index contributed by atoms with van der Waals surface area (Å²) in [7, 11) is 0. The topological polar surface area (TPSA) is 3.24 Å². The number of aryl methyl sites for hydroxylation is 1. The zero-order valence-electron chi connectivity index (χ0n) is 7.49. The molecular weight excluding hydrogens is 198 g/mol. The van der Waals surface area contributed by atoms with Crippen LogP contribution in [0.5, 0.6) is 0 Å². The lowest BCUT2D eigenvalue weighted by molar-refractivity contribution is 1.11. The van der Waals surface area contributed by atoms with Gasteiger partial charge in [0.15, 0.2) is 0 Å². The van der Waals surface area contributed by atoms with E-state index in [0.717, 1.165) is 16.6 Å². The maximum atomic E-state index is 5.24. The van der Waals surface area contributed by atoms with Gasteiger partial charge in [0.25, 0.3) is 0 Å². The van der Waals surface area contributed by atoms with Crippen molar-refractivity contribution >= 4 is 34.0 Å². The van der Waals surface area contributed by atoms with Crippen molar-refractivity contribution in [3.63, 3.8) is 0 Å². The number of hydrogen-bond donors (Lipinski definition) is 0. The third kappa shape index (κ3) is 1.86. The predicted octanol–water partition coefficient (Wildman–Crippen LogP) is 2.83. The van der Waals surface area contributed by atoms with Gasteiger partial charge >= 0.3 is 0 Å². The third-order valence-electron chi connectivity index (χ3n) is 2.11. The summed E-state index contributed by atoms with van der Waals surface area (Å²) in [4.78, 5) is 2.19. The van der Waals surface area contributed by atoms with Crippen molar-refractivity contribution in [2.45, 2.75) is 6.92 Å². The second-order valence-corrected chi connectivity index (χ2v) is 4.83. The van der Waals surface area contributed by atoms with Crippen LogP contribution < -0.4 is 4.90 Å². The van der Waals surface area contributed by atoms with Crippen LogP contribution in [-0.4, -0.2) is 16.6 Å². The number of hydrogen-bond acceptors (Lipinski definition) is 2. The van der Waals surface area contributed by atoms with Crippen molar-refractivity contribution < 1.29 is 0 Å².